The molecule has 4 aromatic rings. The fourth-order valence-electron chi connectivity index (χ4n) is 4.58. The summed E-state index contributed by atoms with van der Waals surface area (Å²) in [5.41, 5.74) is 2.28. The van der Waals surface area contributed by atoms with E-state index in [2.05, 4.69) is 5.32 Å². The third-order valence-corrected chi connectivity index (χ3v) is 6.97. The van der Waals surface area contributed by atoms with E-state index in [0.717, 1.165) is 16.7 Å². The Hall–Kier alpha value is -3.90. The second-order valence-electron chi connectivity index (χ2n) is 9.02. The largest absolute Gasteiger partial charge is 0.350 e. The van der Waals surface area contributed by atoms with Crippen LogP contribution >= 0.6 is 11.6 Å². The summed E-state index contributed by atoms with van der Waals surface area (Å²) in [6.45, 7) is 5.64. The van der Waals surface area contributed by atoms with Gasteiger partial charge >= 0.3 is 0 Å². The van der Waals surface area contributed by atoms with Gasteiger partial charge in [-0.25, -0.2) is 0 Å². The molecule has 0 aliphatic carbocycles. The van der Waals surface area contributed by atoms with Crippen LogP contribution in [0.1, 0.15) is 38.9 Å². The normalized spacial score (nSPS) is 17.5. The average molecular weight is 486 g/mol. The Kier molecular flexibility index (Phi) is 5.49. The minimum absolute atomic E-state index is 0.193. The maximum absolute atomic E-state index is 14.1. The first kappa shape index (κ1) is 22.9. The number of carbonyl (C=O) groups is 3. The van der Waals surface area contributed by atoms with Gasteiger partial charge < -0.3 is 5.32 Å². The topological polar surface area (TPSA) is 71.4 Å². The number of nitrogens with zero attached hydrogens (tertiary/aromatic N) is 2. The standard InChI is InChI=1S/C28H24ClN3O3/c1-17-9-11-22(13-18(17)2)32-25(33)24-15-20-14-21(29)10-12-23(20)31(24)27(35)28(32,3)26(34)30-16-19-7-5-4-6-8-19/h4-15H,16H2,1-3H3,(H,30,34). The maximum atomic E-state index is 14.1. The van der Waals surface area contributed by atoms with Gasteiger partial charge in [0.15, 0.2) is 0 Å². The molecule has 0 bridgehead atoms. The fraction of sp³-hybridized carbons (Fsp3) is 0.179. The summed E-state index contributed by atoms with van der Waals surface area (Å²) in [5.74, 6) is -1.50. The lowest BCUT2D eigenvalue weighted by Crippen LogP contribution is -2.68. The van der Waals surface area contributed by atoms with Crippen LogP contribution in [0.4, 0.5) is 5.69 Å². The molecule has 6 nitrogen and oxygen atoms in total. The number of aryl methyl sites for hydroxylation is 2. The van der Waals surface area contributed by atoms with Crippen molar-refractivity contribution in [1.29, 1.82) is 0 Å². The van der Waals surface area contributed by atoms with Crippen molar-refractivity contribution >= 4 is 45.9 Å². The van der Waals surface area contributed by atoms with Crippen molar-refractivity contribution in [3.63, 3.8) is 0 Å². The Morgan fingerprint density at radius 1 is 0.943 bits per heavy atom. The Morgan fingerprint density at radius 2 is 1.69 bits per heavy atom. The van der Waals surface area contributed by atoms with Gasteiger partial charge in [0.1, 0.15) is 5.69 Å². The summed E-state index contributed by atoms with van der Waals surface area (Å²) < 4.78 is 1.34. The highest BCUT2D eigenvalue weighted by molar-refractivity contribution is 6.32. The van der Waals surface area contributed by atoms with Crippen LogP contribution < -0.4 is 10.2 Å². The molecule has 1 aromatic heterocycles. The number of amides is 2. The first-order valence-electron chi connectivity index (χ1n) is 11.3. The van der Waals surface area contributed by atoms with E-state index in [1.54, 1.807) is 30.3 Å². The molecule has 1 N–H and O–H groups in total. The molecule has 0 radical (unpaired) electrons. The average Bonchev–Trinajstić information content (AvgIpc) is 3.23. The predicted octanol–water partition coefficient (Wildman–Crippen LogP) is 5.29. The number of hydrogen-bond donors (Lipinski definition) is 1. The highest BCUT2D eigenvalue weighted by atomic mass is 35.5. The van der Waals surface area contributed by atoms with E-state index in [4.69, 9.17) is 11.6 Å². The zero-order valence-electron chi connectivity index (χ0n) is 19.6. The molecule has 1 aliphatic rings. The summed E-state index contributed by atoms with van der Waals surface area (Å²) in [6.07, 6.45) is 0. The highest BCUT2D eigenvalue weighted by Crippen LogP contribution is 2.37. The van der Waals surface area contributed by atoms with Crippen LogP contribution in [0, 0.1) is 13.8 Å². The van der Waals surface area contributed by atoms with Crippen LogP contribution in [-0.2, 0) is 11.3 Å². The minimum Gasteiger partial charge on any atom is -0.350 e. The fourth-order valence-corrected chi connectivity index (χ4v) is 4.76. The van der Waals surface area contributed by atoms with Gasteiger partial charge in [0.05, 0.1) is 5.52 Å². The van der Waals surface area contributed by atoms with Gasteiger partial charge in [0.25, 0.3) is 17.7 Å². The second-order valence-corrected chi connectivity index (χ2v) is 9.46. The molecule has 1 unspecified atom stereocenters. The Labute approximate surface area is 208 Å². The third-order valence-electron chi connectivity index (χ3n) is 6.74. The molecule has 176 valence electrons. The molecule has 0 spiro atoms. The molecule has 0 saturated heterocycles. The zero-order chi connectivity index (χ0) is 24.9. The third kappa shape index (κ3) is 3.61. The number of aromatic nitrogens is 1. The highest BCUT2D eigenvalue weighted by Gasteiger charge is 2.55. The number of fused-ring (bicyclic) bond motifs is 3. The number of carbonyl (C=O) groups excluding carboxylic acids is 3. The van der Waals surface area contributed by atoms with Crippen LogP contribution in [0.3, 0.4) is 0 Å². The minimum atomic E-state index is -1.81. The summed E-state index contributed by atoms with van der Waals surface area (Å²) in [4.78, 5) is 43.1. The maximum Gasteiger partial charge on any atom is 0.276 e. The first-order valence-corrected chi connectivity index (χ1v) is 11.7. The van der Waals surface area contributed by atoms with Gasteiger partial charge in [-0.3, -0.25) is 23.9 Å². The SMILES string of the molecule is Cc1ccc(N2C(=O)c3cc4cc(Cl)ccc4n3C(=O)C2(C)C(=O)NCc2ccccc2)cc1C. The molecule has 2 amide bonds. The lowest BCUT2D eigenvalue weighted by Gasteiger charge is -2.42. The lowest BCUT2D eigenvalue weighted by atomic mass is 9.92. The number of hydrogen-bond acceptors (Lipinski definition) is 3. The predicted molar refractivity (Wildman–Crippen MR) is 137 cm³/mol. The Morgan fingerprint density at radius 3 is 2.40 bits per heavy atom. The van der Waals surface area contributed by atoms with Gasteiger partial charge in [0.2, 0.25) is 5.54 Å². The number of halogens is 1. The van der Waals surface area contributed by atoms with E-state index in [1.807, 2.05) is 56.3 Å². The Balaban J connectivity index is 1.67. The van der Waals surface area contributed by atoms with E-state index < -0.39 is 23.3 Å². The summed E-state index contributed by atoms with van der Waals surface area (Å²) in [7, 11) is 0. The van der Waals surface area contributed by atoms with Crippen LogP contribution in [-0.4, -0.2) is 27.8 Å². The van der Waals surface area contributed by atoms with E-state index >= 15 is 0 Å². The molecule has 35 heavy (non-hydrogen) atoms. The Bertz CT molecular complexity index is 1510. The van der Waals surface area contributed by atoms with Gasteiger partial charge in [-0.1, -0.05) is 48.0 Å². The molecule has 1 atom stereocenters. The molecule has 3 aromatic carbocycles. The van der Waals surface area contributed by atoms with Crippen LogP contribution in [0.15, 0.2) is 72.8 Å². The molecular weight excluding hydrogens is 462 g/mol. The van der Waals surface area contributed by atoms with E-state index in [0.29, 0.717) is 21.6 Å². The van der Waals surface area contributed by atoms with E-state index in [-0.39, 0.29) is 12.2 Å². The van der Waals surface area contributed by atoms with E-state index in [9.17, 15) is 14.4 Å². The van der Waals surface area contributed by atoms with E-state index in [1.165, 1.54) is 16.4 Å². The van der Waals surface area contributed by atoms with Crippen molar-refractivity contribution in [2.24, 2.45) is 0 Å². The van der Waals surface area contributed by atoms with Crippen LogP contribution in [0.2, 0.25) is 5.02 Å². The molecule has 7 heteroatoms. The van der Waals surface area contributed by atoms with Crippen molar-refractivity contribution in [2.75, 3.05) is 4.90 Å². The van der Waals surface area contributed by atoms with Crippen molar-refractivity contribution < 1.29 is 14.4 Å². The molecule has 0 saturated carbocycles. The van der Waals surface area contributed by atoms with Gasteiger partial charge in [-0.2, -0.15) is 0 Å². The lowest BCUT2D eigenvalue weighted by molar-refractivity contribution is -0.124. The molecule has 1 aliphatic heterocycles. The van der Waals surface area contributed by atoms with Crippen molar-refractivity contribution in [2.45, 2.75) is 32.9 Å². The van der Waals surface area contributed by atoms with Gasteiger partial charge in [-0.05, 0) is 73.9 Å². The van der Waals surface area contributed by atoms with Crippen molar-refractivity contribution in [3.8, 4) is 0 Å². The molecule has 5 rings (SSSR count). The summed E-state index contributed by atoms with van der Waals surface area (Å²) in [5, 5.41) is 4.03. The van der Waals surface area contributed by atoms with Crippen LogP contribution in [0.25, 0.3) is 10.9 Å². The zero-order valence-corrected chi connectivity index (χ0v) is 20.4. The van der Waals surface area contributed by atoms with Crippen LogP contribution in [0.5, 0.6) is 0 Å². The second kappa shape index (κ2) is 8.40. The molecule has 0 fully saturated rings. The van der Waals surface area contributed by atoms with Crippen molar-refractivity contribution in [1.82, 2.24) is 9.88 Å². The van der Waals surface area contributed by atoms with Gasteiger partial charge in [-0.15, -0.1) is 0 Å². The number of anilines is 1. The number of benzene rings is 3. The summed E-state index contributed by atoms with van der Waals surface area (Å²) >= 11 is 6.16. The summed E-state index contributed by atoms with van der Waals surface area (Å²) in [6, 6.07) is 21.6. The number of nitrogens with one attached hydrogen (secondary N) is 1. The monoisotopic (exact) mass is 485 g/mol. The van der Waals surface area contributed by atoms with Gasteiger partial charge in [0, 0.05) is 22.6 Å². The number of rotatable bonds is 4. The van der Waals surface area contributed by atoms with Crippen molar-refractivity contribution in [3.05, 3.63) is 100 Å². The molecular formula is C28H24ClN3O3. The smallest absolute Gasteiger partial charge is 0.276 e. The first-order chi connectivity index (χ1) is 16.7. The quantitative estimate of drug-likeness (QED) is 0.399. The molecule has 2 heterocycles.